The van der Waals surface area contributed by atoms with Crippen LogP contribution in [-0.2, 0) is 6.54 Å². The van der Waals surface area contributed by atoms with Crippen LogP contribution < -0.4 is 10.6 Å². The van der Waals surface area contributed by atoms with Gasteiger partial charge in [-0.15, -0.1) is 0 Å². The van der Waals surface area contributed by atoms with Gasteiger partial charge in [-0.1, -0.05) is 31.2 Å². The van der Waals surface area contributed by atoms with E-state index in [0.29, 0.717) is 24.5 Å². The molecule has 0 radical (unpaired) electrons. The van der Waals surface area contributed by atoms with Gasteiger partial charge in [-0.2, -0.15) is 0 Å². The van der Waals surface area contributed by atoms with Crippen LogP contribution in [-0.4, -0.2) is 47.6 Å². The number of aliphatic imine (C=N–C) groups is 1. The first-order valence-electron chi connectivity index (χ1n) is 9.70. The van der Waals surface area contributed by atoms with Crippen LogP contribution in [0.3, 0.4) is 0 Å². The second-order valence-electron chi connectivity index (χ2n) is 7.45. The molecule has 1 aliphatic heterocycles. The van der Waals surface area contributed by atoms with Gasteiger partial charge in [0, 0.05) is 43.3 Å². The summed E-state index contributed by atoms with van der Waals surface area (Å²) in [4.78, 5) is 11.9. The van der Waals surface area contributed by atoms with Crippen LogP contribution in [0.15, 0.2) is 41.5 Å². The molecule has 0 amide bonds. The number of likely N-dealkylation sites (tertiary alicyclic amines) is 1. The number of fused-ring (bicyclic) bond motifs is 1. The maximum atomic E-state index is 4.82. The van der Waals surface area contributed by atoms with E-state index in [9.17, 15) is 0 Å². The minimum atomic E-state index is 0.427. The molecule has 0 spiro atoms. The Morgan fingerprint density at radius 2 is 2.08 bits per heavy atom. The largest absolute Gasteiger partial charge is 0.357 e. The van der Waals surface area contributed by atoms with Crippen molar-refractivity contribution in [3.63, 3.8) is 0 Å². The first-order chi connectivity index (χ1) is 12.6. The van der Waals surface area contributed by atoms with Gasteiger partial charge in [0.15, 0.2) is 5.96 Å². The lowest BCUT2D eigenvalue weighted by molar-refractivity contribution is 0.265. The molecule has 1 aromatic carbocycles. The summed E-state index contributed by atoms with van der Waals surface area (Å²) in [6, 6.07) is 11.4. The van der Waals surface area contributed by atoms with Crippen molar-refractivity contribution in [2.75, 3.05) is 19.6 Å². The zero-order valence-electron chi connectivity index (χ0n) is 16.4. The van der Waals surface area contributed by atoms with Gasteiger partial charge in [0.05, 0.1) is 12.2 Å². The molecule has 1 saturated heterocycles. The molecule has 26 heavy (non-hydrogen) atoms. The van der Waals surface area contributed by atoms with Crippen LogP contribution >= 0.6 is 0 Å². The van der Waals surface area contributed by atoms with Crippen LogP contribution in [0.25, 0.3) is 10.8 Å². The Morgan fingerprint density at radius 1 is 1.27 bits per heavy atom. The number of nitrogens with one attached hydrogen (secondary N) is 2. The number of aromatic nitrogens is 1. The first-order valence-corrected chi connectivity index (χ1v) is 9.70. The summed E-state index contributed by atoms with van der Waals surface area (Å²) in [6.45, 7) is 12.6. The summed E-state index contributed by atoms with van der Waals surface area (Å²) in [5, 5.41) is 9.41. The van der Waals surface area contributed by atoms with E-state index in [-0.39, 0.29) is 0 Å². The minimum Gasteiger partial charge on any atom is -0.357 e. The standard InChI is InChI=1S/C21H31N5/c1-5-22-21(25-20-14-26(15(2)3)13-16(20)4)24-12-19-18-9-7-6-8-17(18)10-11-23-19/h6-11,15-16,20H,5,12-14H2,1-4H3,(H2,22,24,25). The molecule has 0 aliphatic carbocycles. The van der Waals surface area contributed by atoms with Gasteiger partial charge in [-0.25, -0.2) is 4.99 Å². The number of hydrogen-bond acceptors (Lipinski definition) is 3. The van der Waals surface area contributed by atoms with E-state index in [1.54, 1.807) is 0 Å². The Labute approximate surface area is 156 Å². The van der Waals surface area contributed by atoms with Crippen molar-refractivity contribution < 1.29 is 0 Å². The summed E-state index contributed by atoms with van der Waals surface area (Å²) < 4.78 is 0. The van der Waals surface area contributed by atoms with Crippen molar-refractivity contribution in [2.45, 2.75) is 46.3 Å². The molecular weight excluding hydrogens is 322 g/mol. The molecule has 0 bridgehead atoms. The van der Waals surface area contributed by atoms with Gasteiger partial charge < -0.3 is 10.6 Å². The van der Waals surface area contributed by atoms with Gasteiger partial charge >= 0.3 is 0 Å². The predicted octanol–water partition coefficient (Wildman–Crippen LogP) is 3.02. The van der Waals surface area contributed by atoms with Gasteiger partial charge in [0.2, 0.25) is 0 Å². The van der Waals surface area contributed by atoms with Crippen LogP contribution in [0.2, 0.25) is 0 Å². The molecule has 140 valence electrons. The average molecular weight is 354 g/mol. The van der Waals surface area contributed by atoms with Crippen molar-refractivity contribution in [2.24, 2.45) is 10.9 Å². The molecule has 3 rings (SSSR count). The second kappa shape index (κ2) is 8.49. The van der Waals surface area contributed by atoms with Crippen molar-refractivity contribution in [1.29, 1.82) is 0 Å². The smallest absolute Gasteiger partial charge is 0.191 e. The molecule has 2 N–H and O–H groups in total. The Kier molecular flexibility index (Phi) is 6.09. The fourth-order valence-electron chi connectivity index (χ4n) is 3.57. The Morgan fingerprint density at radius 3 is 2.81 bits per heavy atom. The number of pyridine rings is 1. The third-order valence-corrected chi connectivity index (χ3v) is 5.18. The molecule has 1 fully saturated rings. The maximum Gasteiger partial charge on any atom is 0.191 e. The average Bonchev–Trinajstić information content (AvgIpc) is 3.01. The van der Waals surface area contributed by atoms with E-state index < -0.39 is 0 Å². The SMILES string of the molecule is CCNC(=NCc1nccc2ccccc12)NC1CN(C(C)C)CC1C. The molecule has 2 aromatic rings. The number of hydrogen-bond donors (Lipinski definition) is 2. The monoisotopic (exact) mass is 353 g/mol. The van der Waals surface area contributed by atoms with Crippen molar-refractivity contribution in [3.05, 3.63) is 42.2 Å². The van der Waals surface area contributed by atoms with E-state index in [4.69, 9.17) is 4.99 Å². The highest BCUT2D eigenvalue weighted by Crippen LogP contribution is 2.19. The third kappa shape index (κ3) is 4.33. The third-order valence-electron chi connectivity index (χ3n) is 5.18. The van der Waals surface area contributed by atoms with Crippen LogP contribution in [0, 0.1) is 5.92 Å². The maximum absolute atomic E-state index is 4.82. The highest BCUT2D eigenvalue weighted by Gasteiger charge is 2.31. The summed E-state index contributed by atoms with van der Waals surface area (Å²) in [7, 11) is 0. The van der Waals surface area contributed by atoms with Crippen molar-refractivity contribution in [1.82, 2.24) is 20.5 Å². The summed E-state index contributed by atoms with van der Waals surface area (Å²) in [6.07, 6.45) is 1.87. The van der Waals surface area contributed by atoms with E-state index in [1.165, 1.54) is 10.8 Å². The van der Waals surface area contributed by atoms with Gasteiger partial charge in [-0.3, -0.25) is 9.88 Å². The highest BCUT2D eigenvalue weighted by molar-refractivity contribution is 5.85. The number of benzene rings is 1. The van der Waals surface area contributed by atoms with Gasteiger partial charge in [-0.05, 0) is 38.1 Å². The zero-order valence-corrected chi connectivity index (χ0v) is 16.4. The molecule has 2 unspecified atom stereocenters. The quantitative estimate of drug-likeness (QED) is 0.641. The van der Waals surface area contributed by atoms with E-state index in [2.05, 4.69) is 72.5 Å². The summed E-state index contributed by atoms with van der Waals surface area (Å²) in [5.41, 5.74) is 1.02. The molecule has 2 atom stereocenters. The van der Waals surface area contributed by atoms with Crippen molar-refractivity contribution in [3.8, 4) is 0 Å². The zero-order chi connectivity index (χ0) is 18.5. The first kappa shape index (κ1) is 18.6. The molecule has 1 aliphatic rings. The van der Waals surface area contributed by atoms with Crippen LogP contribution in [0.4, 0.5) is 0 Å². The second-order valence-corrected chi connectivity index (χ2v) is 7.45. The fourth-order valence-corrected chi connectivity index (χ4v) is 3.57. The summed E-state index contributed by atoms with van der Waals surface area (Å²) in [5.74, 6) is 1.49. The van der Waals surface area contributed by atoms with Gasteiger partial charge in [0.25, 0.3) is 0 Å². The topological polar surface area (TPSA) is 52.6 Å². The Bertz CT molecular complexity index is 750. The van der Waals surface area contributed by atoms with Crippen LogP contribution in [0.5, 0.6) is 0 Å². The highest BCUT2D eigenvalue weighted by atomic mass is 15.3. The normalized spacial score (nSPS) is 21.5. The lowest BCUT2D eigenvalue weighted by Gasteiger charge is -2.22. The summed E-state index contributed by atoms with van der Waals surface area (Å²) >= 11 is 0. The number of nitrogens with zero attached hydrogens (tertiary/aromatic N) is 3. The van der Waals surface area contributed by atoms with E-state index >= 15 is 0 Å². The van der Waals surface area contributed by atoms with Gasteiger partial charge in [0.1, 0.15) is 0 Å². The molecular formula is C21H31N5. The molecule has 1 aromatic heterocycles. The van der Waals surface area contributed by atoms with E-state index in [1.807, 2.05) is 12.3 Å². The van der Waals surface area contributed by atoms with Crippen LogP contribution in [0.1, 0.15) is 33.4 Å². The molecule has 5 nitrogen and oxygen atoms in total. The predicted molar refractivity (Wildman–Crippen MR) is 109 cm³/mol. The molecule has 5 heteroatoms. The molecule has 2 heterocycles. The van der Waals surface area contributed by atoms with E-state index in [0.717, 1.165) is 31.3 Å². The number of rotatable bonds is 5. The molecule has 0 saturated carbocycles. The lowest BCUT2D eigenvalue weighted by atomic mass is 10.1. The Balaban J connectivity index is 1.73. The number of guanidine groups is 1. The fraction of sp³-hybridized carbons (Fsp3) is 0.524. The Hall–Kier alpha value is -2.14. The van der Waals surface area contributed by atoms with Crippen molar-refractivity contribution >= 4 is 16.7 Å². The minimum absolute atomic E-state index is 0.427. The lowest BCUT2D eigenvalue weighted by Crippen LogP contribution is -2.46.